The van der Waals surface area contributed by atoms with E-state index in [0.717, 1.165) is 32.1 Å². The number of carbonyl (C=O) groups excluding carboxylic acids is 1. The van der Waals surface area contributed by atoms with Crippen molar-refractivity contribution < 1.29 is 9.53 Å². The Labute approximate surface area is 105 Å². The van der Waals surface area contributed by atoms with Crippen LogP contribution in [0.25, 0.3) is 0 Å². The maximum atomic E-state index is 12.4. The van der Waals surface area contributed by atoms with Crippen molar-refractivity contribution in [1.82, 2.24) is 0 Å². The number of hydrogen-bond acceptors (Lipinski definition) is 3. The highest BCUT2D eigenvalue weighted by Gasteiger charge is 2.30. The van der Waals surface area contributed by atoms with Crippen molar-refractivity contribution in [2.45, 2.75) is 38.0 Å². The van der Waals surface area contributed by atoms with Gasteiger partial charge in [0.25, 0.3) is 0 Å². The maximum Gasteiger partial charge on any atom is 0.204 e. The molecule has 3 heteroatoms. The first-order chi connectivity index (χ1) is 8.36. The highest BCUT2D eigenvalue weighted by molar-refractivity contribution is 7.10. The molecular formula is C14H16O2S. The number of aryl methyl sites for hydroxylation is 1. The number of ether oxygens (including phenoxy) is 1. The third-order valence-corrected chi connectivity index (χ3v) is 4.54. The number of Topliss-reactive ketones (excluding diaryl/α,β-unsaturated/α-hetero) is 1. The van der Waals surface area contributed by atoms with Crippen LogP contribution in [0.3, 0.4) is 0 Å². The van der Waals surface area contributed by atoms with Crippen LogP contribution >= 0.6 is 11.3 Å². The first-order valence-corrected chi connectivity index (χ1v) is 7.17. The first-order valence-electron chi connectivity index (χ1n) is 6.29. The molecule has 2 aliphatic rings. The van der Waals surface area contributed by atoms with Crippen LogP contribution in [0.1, 0.15) is 42.0 Å². The summed E-state index contributed by atoms with van der Waals surface area (Å²) in [6, 6.07) is 2.12. The molecule has 0 aromatic carbocycles. The Balaban J connectivity index is 1.86. The summed E-state index contributed by atoms with van der Waals surface area (Å²) in [7, 11) is 0. The van der Waals surface area contributed by atoms with Gasteiger partial charge in [0.2, 0.25) is 5.78 Å². The molecule has 2 nitrogen and oxygen atoms in total. The average molecular weight is 248 g/mol. The fourth-order valence-electron chi connectivity index (χ4n) is 2.66. The summed E-state index contributed by atoms with van der Waals surface area (Å²) in [5.74, 6) is 0.860. The molecular weight excluding hydrogens is 232 g/mol. The number of carbonyl (C=O) groups is 1. The molecule has 0 spiro atoms. The second kappa shape index (κ2) is 4.65. The summed E-state index contributed by atoms with van der Waals surface area (Å²) in [5.41, 5.74) is 1.25. The number of thiophene rings is 1. The Morgan fingerprint density at radius 2 is 2.35 bits per heavy atom. The minimum atomic E-state index is 0.0503. The van der Waals surface area contributed by atoms with Crippen LogP contribution in [0.15, 0.2) is 23.3 Å². The van der Waals surface area contributed by atoms with Crippen molar-refractivity contribution in [2.24, 2.45) is 0 Å². The van der Waals surface area contributed by atoms with Crippen LogP contribution in [-0.4, -0.2) is 12.4 Å². The van der Waals surface area contributed by atoms with E-state index >= 15 is 0 Å². The van der Waals surface area contributed by atoms with E-state index in [0.29, 0.717) is 12.4 Å². The van der Waals surface area contributed by atoms with E-state index in [2.05, 4.69) is 11.4 Å². The van der Waals surface area contributed by atoms with E-state index in [4.69, 9.17) is 4.74 Å². The highest BCUT2D eigenvalue weighted by atomic mass is 32.1. The van der Waals surface area contributed by atoms with Gasteiger partial charge in [0.1, 0.15) is 0 Å². The molecule has 1 atom stereocenters. The minimum absolute atomic E-state index is 0.0503. The Morgan fingerprint density at radius 3 is 3.18 bits per heavy atom. The van der Waals surface area contributed by atoms with Crippen molar-refractivity contribution in [2.75, 3.05) is 6.61 Å². The lowest BCUT2D eigenvalue weighted by Gasteiger charge is -2.23. The van der Waals surface area contributed by atoms with Gasteiger partial charge >= 0.3 is 0 Å². The van der Waals surface area contributed by atoms with Crippen LogP contribution in [0.5, 0.6) is 0 Å². The largest absolute Gasteiger partial charge is 0.490 e. The fraction of sp³-hybridized carbons (Fsp3) is 0.500. The van der Waals surface area contributed by atoms with Crippen molar-refractivity contribution in [1.29, 1.82) is 0 Å². The van der Waals surface area contributed by atoms with Crippen molar-refractivity contribution in [3.8, 4) is 0 Å². The van der Waals surface area contributed by atoms with Gasteiger partial charge in [-0.25, -0.2) is 0 Å². The van der Waals surface area contributed by atoms with Gasteiger partial charge < -0.3 is 4.74 Å². The molecule has 90 valence electrons. The van der Waals surface area contributed by atoms with Gasteiger partial charge in [0, 0.05) is 4.88 Å². The van der Waals surface area contributed by atoms with Crippen LogP contribution in [0.2, 0.25) is 0 Å². The Morgan fingerprint density at radius 1 is 1.41 bits per heavy atom. The zero-order valence-corrected chi connectivity index (χ0v) is 10.6. The minimum Gasteiger partial charge on any atom is -0.490 e. The molecule has 1 aliphatic heterocycles. The number of ketones is 1. The van der Waals surface area contributed by atoms with Crippen LogP contribution in [0, 0.1) is 0 Å². The van der Waals surface area contributed by atoms with Crippen molar-refractivity contribution >= 4 is 17.1 Å². The second-order valence-electron chi connectivity index (χ2n) is 4.67. The molecule has 1 aromatic heterocycles. The summed E-state index contributed by atoms with van der Waals surface area (Å²) >= 11 is 1.78. The molecule has 0 N–H and O–H groups in total. The summed E-state index contributed by atoms with van der Waals surface area (Å²) in [6.07, 6.45) is 7.21. The van der Waals surface area contributed by atoms with Crippen LogP contribution < -0.4 is 0 Å². The van der Waals surface area contributed by atoms with Gasteiger partial charge in [-0.2, -0.15) is 0 Å². The predicted molar refractivity (Wildman–Crippen MR) is 68.3 cm³/mol. The number of fused-ring (bicyclic) bond motifs is 1. The Kier molecular flexibility index (Phi) is 3.02. The molecule has 1 aromatic rings. The lowest BCUT2D eigenvalue weighted by Crippen LogP contribution is -2.21. The summed E-state index contributed by atoms with van der Waals surface area (Å²) in [6.45, 7) is 0.695. The average Bonchev–Trinajstić information content (AvgIpc) is 2.87. The predicted octanol–water partition coefficient (Wildman–Crippen LogP) is 3.43. The molecule has 0 saturated carbocycles. The lowest BCUT2D eigenvalue weighted by molar-refractivity contribution is -0.120. The fourth-order valence-corrected chi connectivity index (χ4v) is 3.65. The van der Waals surface area contributed by atoms with E-state index in [1.807, 2.05) is 6.08 Å². The molecule has 0 saturated heterocycles. The van der Waals surface area contributed by atoms with Crippen molar-refractivity contribution in [3.63, 3.8) is 0 Å². The van der Waals surface area contributed by atoms with E-state index in [1.54, 1.807) is 11.3 Å². The van der Waals surface area contributed by atoms with Gasteiger partial charge in [-0.3, -0.25) is 4.79 Å². The quantitative estimate of drug-likeness (QED) is 0.801. The van der Waals surface area contributed by atoms with E-state index in [9.17, 15) is 4.79 Å². The standard InChI is InChI=1S/C14H16O2S/c15-14(12-5-1-2-8-16-12)11-4-3-6-13-10(11)7-9-17-13/h5,7,9,11H,1-4,6,8H2. The van der Waals surface area contributed by atoms with Crippen LogP contribution in [-0.2, 0) is 16.0 Å². The topological polar surface area (TPSA) is 26.3 Å². The van der Waals surface area contributed by atoms with E-state index < -0.39 is 0 Å². The van der Waals surface area contributed by atoms with Gasteiger partial charge in [0.05, 0.1) is 12.5 Å². The van der Waals surface area contributed by atoms with Gasteiger partial charge in [-0.1, -0.05) is 0 Å². The summed E-state index contributed by atoms with van der Waals surface area (Å²) in [5, 5.41) is 2.10. The monoisotopic (exact) mass is 248 g/mol. The number of hydrogen-bond donors (Lipinski definition) is 0. The zero-order chi connectivity index (χ0) is 11.7. The number of allylic oxidation sites excluding steroid dienone is 2. The maximum absolute atomic E-state index is 12.4. The zero-order valence-electron chi connectivity index (χ0n) is 9.78. The smallest absolute Gasteiger partial charge is 0.204 e. The molecule has 1 unspecified atom stereocenters. The van der Waals surface area contributed by atoms with Crippen molar-refractivity contribution in [3.05, 3.63) is 33.7 Å². The highest BCUT2D eigenvalue weighted by Crippen LogP contribution is 2.37. The van der Waals surface area contributed by atoms with Crippen LogP contribution in [0.4, 0.5) is 0 Å². The summed E-state index contributed by atoms with van der Waals surface area (Å²) in [4.78, 5) is 13.8. The molecule has 0 radical (unpaired) electrons. The second-order valence-corrected chi connectivity index (χ2v) is 5.67. The molecule has 3 rings (SSSR count). The molecule has 1 aliphatic carbocycles. The van der Waals surface area contributed by atoms with Gasteiger partial charge in [0.15, 0.2) is 5.76 Å². The molecule has 0 fully saturated rings. The summed E-state index contributed by atoms with van der Waals surface area (Å²) < 4.78 is 5.50. The SMILES string of the molecule is O=C(C1=CCCCO1)C1CCCc2sccc21. The normalized spacial score (nSPS) is 23.5. The third-order valence-electron chi connectivity index (χ3n) is 3.55. The number of rotatable bonds is 2. The van der Waals surface area contributed by atoms with Gasteiger partial charge in [-0.05, 0) is 55.2 Å². The van der Waals surface area contributed by atoms with Gasteiger partial charge in [-0.15, -0.1) is 11.3 Å². The van der Waals surface area contributed by atoms with E-state index in [-0.39, 0.29) is 11.7 Å². The van der Waals surface area contributed by atoms with E-state index in [1.165, 1.54) is 10.4 Å². The molecule has 0 bridgehead atoms. The Bertz CT molecular complexity index is 459. The molecule has 0 amide bonds. The Hall–Kier alpha value is -1.09. The lowest BCUT2D eigenvalue weighted by atomic mass is 9.84. The molecule has 2 heterocycles. The first kappa shape index (κ1) is 11.0. The third kappa shape index (κ3) is 2.04. The molecule has 17 heavy (non-hydrogen) atoms.